The molecule has 12 heteroatoms. The van der Waals surface area contributed by atoms with Crippen LogP contribution >= 0.6 is 46.1 Å². The maximum atomic E-state index is 12.5. The third kappa shape index (κ3) is 6.20. The Hall–Kier alpha value is -1.81. The fourth-order valence-corrected chi connectivity index (χ4v) is 4.83. The van der Waals surface area contributed by atoms with E-state index in [-0.39, 0.29) is 15.1 Å². The fraction of sp³-hybridized carbons (Fsp3) is 0.381. The monoisotopic (exact) mass is 540 g/mol. The molecule has 1 aromatic heterocycles. The number of nitrogens with zero attached hydrogens (tertiary/aromatic N) is 1. The molecule has 0 saturated heterocycles. The Morgan fingerprint density at radius 2 is 1.85 bits per heavy atom. The molecule has 0 fully saturated rings. The highest BCUT2D eigenvalue weighted by Gasteiger charge is 2.38. The number of nitrogens with one attached hydrogen (secondary N) is 1. The Balaban J connectivity index is 1.67. The van der Waals surface area contributed by atoms with Gasteiger partial charge in [0.05, 0.1) is 37.8 Å². The third-order valence-electron chi connectivity index (χ3n) is 5.00. The molecular formula is C21H18Cl3F3N2O3S. The van der Waals surface area contributed by atoms with Crippen molar-refractivity contribution in [3.63, 3.8) is 0 Å². The van der Waals surface area contributed by atoms with Gasteiger partial charge in [0.25, 0.3) is 5.91 Å². The number of Topliss-reactive ketones (excluding diaryl/α,β-unsaturated/α-hetero) is 1. The molecule has 0 bridgehead atoms. The molecule has 1 amide bonds. The average Bonchev–Trinajstić information content (AvgIpc) is 3.31. The Kier molecular flexibility index (Phi) is 7.68. The van der Waals surface area contributed by atoms with E-state index in [2.05, 4.69) is 10.5 Å². The van der Waals surface area contributed by atoms with Gasteiger partial charge in [0.1, 0.15) is 5.71 Å². The molecule has 0 spiro atoms. The lowest BCUT2D eigenvalue weighted by atomic mass is 9.90. The van der Waals surface area contributed by atoms with Crippen LogP contribution < -0.4 is 5.32 Å². The predicted molar refractivity (Wildman–Crippen MR) is 123 cm³/mol. The zero-order valence-corrected chi connectivity index (χ0v) is 20.5. The number of alkyl halides is 3. The molecule has 1 N–H and O–H groups in total. The van der Waals surface area contributed by atoms with Crippen LogP contribution in [0.5, 0.6) is 0 Å². The van der Waals surface area contributed by atoms with Crippen LogP contribution in [-0.4, -0.2) is 30.1 Å². The second-order valence-electron chi connectivity index (χ2n) is 7.75. The minimum absolute atomic E-state index is 0.242. The molecule has 5 nitrogen and oxygen atoms in total. The number of hydrogen-bond donors (Lipinski definition) is 1. The highest BCUT2D eigenvalue weighted by molar-refractivity contribution is 7.16. The molecule has 178 valence electrons. The number of benzene rings is 1. The van der Waals surface area contributed by atoms with Crippen LogP contribution in [0, 0.1) is 6.92 Å². The zero-order valence-electron chi connectivity index (χ0n) is 17.4. The van der Waals surface area contributed by atoms with Crippen LogP contribution in [0.1, 0.15) is 51.9 Å². The first kappa shape index (κ1) is 25.8. The lowest BCUT2D eigenvalue weighted by Gasteiger charge is -2.22. The van der Waals surface area contributed by atoms with E-state index in [1.165, 1.54) is 0 Å². The van der Waals surface area contributed by atoms with E-state index in [0.29, 0.717) is 33.0 Å². The second-order valence-corrected chi connectivity index (χ2v) is 9.99. The molecule has 33 heavy (non-hydrogen) atoms. The van der Waals surface area contributed by atoms with Gasteiger partial charge in [-0.25, -0.2) is 0 Å². The van der Waals surface area contributed by atoms with E-state index in [4.69, 9.17) is 39.6 Å². The van der Waals surface area contributed by atoms with Crippen molar-refractivity contribution in [2.45, 2.75) is 44.9 Å². The molecule has 2 aromatic rings. The molecule has 2 heterocycles. The van der Waals surface area contributed by atoms with E-state index in [1.807, 2.05) is 6.92 Å². The number of hydrogen-bond acceptors (Lipinski definition) is 5. The summed E-state index contributed by atoms with van der Waals surface area (Å²) in [6, 6.07) is 5.08. The molecule has 0 saturated carbocycles. The van der Waals surface area contributed by atoms with Gasteiger partial charge in [-0.3, -0.25) is 9.59 Å². The minimum atomic E-state index is -4.42. The maximum absolute atomic E-state index is 12.5. The van der Waals surface area contributed by atoms with Crippen molar-refractivity contribution in [1.29, 1.82) is 0 Å². The van der Waals surface area contributed by atoms with Crippen LogP contribution in [0.25, 0.3) is 0 Å². The molecule has 0 aliphatic carbocycles. The molecule has 1 unspecified atom stereocenters. The first-order chi connectivity index (χ1) is 15.3. The number of oxime groups is 1. The van der Waals surface area contributed by atoms with Crippen LogP contribution in [0.2, 0.25) is 15.1 Å². The number of aryl methyl sites for hydroxylation is 1. The molecule has 1 atom stereocenters. The van der Waals surface area contributed by atoms with E-state index in [9.17, 15) is 22.8 Å². The number of ketones is 1. The topological polar surface area (TPSA) is 67.8 Å². The fourth-order valence-electron chi connectivity index (χ4n) is 3.17. The highest BCUT2D eigenvalue weighted by atomic mass is 35.5. The van der Waals surface area contributed by atoms with Gasteiger partial charge in [-0.15, -0.1) is 11.3 Å². The van der Waals surface area contributed by atoms with E-state index < -0.39 is 42.9 Å². The van der Waals surface area contributed by atoms with Crippen molar-refractivity contribution >= 4 is 63.5 Å². The van der Waals surface area contributed by atoms with Crippen molar-refractivity contribution in [2.24, 2.45) is 5.16 Å². The van der Waals surface area contributed by atoms with Crippen molar-refractivity contribution in [1.82, 2.24) is 5.32 Å². The summed E-state index contributed by atoms with van der Waals surface area (Å²) in [5.74, 6) is -1.23. The number of rotatable bonds is 7. The first-order valence-electron chi connectivity index (χ1n) is 9.66. The smallest absolute Gasteiger partial charge is 0.384 e. The zero-order chi connectivity index (χ0) is 24.6. The quantitative estimate of drug-likeness (QED) is 0.397. The Morgan fingerprint density at radius 3 is 2.45 bits per heavy atom. The maximum Gasteiger partial charge on any atom is 0.389 e. The summed E-state index contributed by atoms with van der Waals surface area (Å²) in [5, 5.41) is 7.36. The Labute approximate surface area is 206 Å². The number of carbonyl (C=O) groups is 2. The number of halogens is 6. The summed E-state index contributed by atoms with van der Waals surface area (Å²) in [6.07, 6.45) is -5.94. The van der Waals surface area contributed by atoms with Crippen molar-refractivity contribution in [2.75, 3.05) is 6.54 Å². The lowest BCUT2D eigenvalue weighted by Crippen LogP contribution is -2.29. The Bertz CT molecular complexity index is 1110. The summed E-state index contributed by atoms with van der Waals surface area (Å²) in [7, 11) is 0. The van der Waals surface area contributed by atoms with Crippen molar-refractivity contribution in [3.05, 3.63) is 54.1 Å². The minimum Gasteiger partial charge on any atom is -0.384 e. The van der Waals surface area contributed by atoms with E-state index in [1.54, 1.807) is 25.1 Å². The van der Waals surface area contributed by atoms with Crippen molar-refractivity contribution in [3.8, 4) is 0 Å². The molecular weight excluding hydrogens is 524 g/mol. The normalized spacial score (nSPS) is 18.1. The standard InChI is InChI=1S/C21H18Cl3F3N2O3S/c1-10-5-16(33-18(10)19(31)28-9-12(30)3-4-21(25,26)27)15-8-20(2,32-29-15)11-6-13(22)17(24)14(23)7-11/h5-7H,3-4,8-9H2,1-2H3,(H,28,31). The van der Waals surface area contributed by atoms with Crippen LogP contribution in [0.15, 0.2) is 23.4 Å². The SMILES string of the molecule is Cc1cc(C2=NOC(C)(c3cc(Cl)c(Cl)c(Cl)c3)C2)sc1C(=O)NCC(=O)CCC(F)(F)F. The van der Waals surface area contributed by atoms with Crippen LogP contribution in [-0.2, 0) is 15.2 Å². The van der Waals surface area contributed by atoms with Crippen LogP contribution in [0.3, 0.4) is 0 Å². The summed E-state index contributed by atoms with van der Waals surface area (Å²) in [5.41, 5.74) is 1.08. The lowest BCUT2D eigenvalue weighted by molar-refractivity contribution is -0.142. The van der Waals surface area contributed by atoms with Gasteiger partial charge < -0.3 is 10.2 Å². The van der Waals surface area contributed by atoms with Crippen molar-refractivity contribution < 1.29 is 27.6 Å². The highest BCUT2D eigenvalue weighted by Crippen LogP contribution is 2.42. The summed E-state index contributed by atoms with van der Waals surface area (Å²) in [4.78, 5) is 30.8. The Morgan fingerprint density at radius 1 is 1.21 bits per heavy atom. The van der Waals surface area contributed by atoms with Crippen LogP contribution in [0.4, 0.5) is 13.2 Å². The van der Waals surface area contributed by atoms with Gasteiger partial charge in [-0.05, 0) is 37.6 Å². The average molecular weight is 542 g/mol. The van der Waals surface area contributed by atoms with Gasteiger partial charge in [0.2, 0.25) is 0 Å². The number of thiophene rings is 1. The number of amides is 1. The first-order valence-corrected chi connectivity index (χ1v) is 11.6. The van der Waals surface area contributed by atoms with Gasteiger partial charge >= 0.3 is 6.18 Å². The largest absolute Gasteiger partial charge is 0.389 e. The van der Waals surface area contributed by atoms with Gasteiger partial charge in [0.15, 0.2) is 11.4 Å². The van der Waals surface area contributed by atoms with Gasteiger partial charge in [-0.1, -0.05) is 40.0 Å². The summed E-state index contributed by atoms with van der Waals surface area (Å²) >= 11 is 19.4. The predicted octanol–water partition coefficient (Wildman–Crippen LogP) is 6.70. The van der Waals surface area contributed by atoms with E-state index >= 15 is 0 Å². The molecule has 1 aliphatic rings. The molecule has 1 aromatic carbocycles. The van der Waals surface area contributed by atoms with Gasteiger partial charge in [0, 0.05) is 18.4 Å². The molecule has 3 rings (SSSR count). The van der Waals surface area contributed by atoms with Gasteiger partial charge in [-0.2, -0.15) is 13.2 Å². The van der Waals surface area contributed by atoms with E-state index in [0.717, 1.165) is 11.3 Å². The number of carbonyl (C=O) groups excluding carboxylic acids is 2. The second kappa shape index (κ2) is 9.82. The molecule has 1 aliphatic heterocycles. The molecule has 0 radical (unpaired) electrons. The third-order valence-corrected chi connectivity index (χ3v) is 7.48. The summed E-state index contributed by atoms with van der Waals surface area (Å²) < 4.78 is 36.7. The summed E-state index contributed by atoms with van der Waals surface area (Å²) in [6.45, 7) is 3.07.